The molecule has 13 N–H and O–H groups in total. The molecule has 3 saturated heterocycles. The number of urea groups is 1. The summed E-state index contributed by atoms with van der Waals surface area (Å²) in [5.74, 6) is -3.70. The predicted molar refractivity (Wildman–Crippen MR) is 321 cm³/mol. The average Bonchev–Trinajstić information content (AvgIpc) is 1.61. The van der Waals surface area contributed by atoms with Crippen LogP contribution >= 0.6 is 25.8 Å². The van der Waals surface area contributed by atoms with Crippen molar-refractivity contribution in [3.63, 3.8) is 0 Å². The van der Waals surface area contributed by atoms with Crippen molar-refractivity contribution in [2.45, 2.75) is 107 Å². The number of imidazole rings is 2. The van der Waals surface area contributed by atoms with Crippen LogP contribution in [0.15, 0.2) is 58.9 Å². The van der Waals surface area contributed by atoms with Crippen LogP contribution in [0.1, 0.15) is 63.0 Å². The van der Waals surface area contributed by atoms with Gasteiger partial charge in [-0.25, -0.2) is 33.3 Å². The number of carbonyl (C=O) groups is 8. The molecular formula is C50H64FN17O20P2S2. The third-order valence-electron chi connectivity index (χ3n) is 14.5. The number of aromatic nitrogens is 6. The number of aromatic amines is 1. The second kappa shape index (κ2) is 29.3. The molecule has 1 aromatic carbocycles. The Morgan fingerprint density at radius 3 is 2.37 bits per heavy atom. The van der Waals surface area contributed by atoms with E-state index in [1.807, 2.05) is 0 Å². The second-order valence-electron chi connectivity index (χ2n) is 21.3. The van der Waals surface area contributed by atoms with Crippen molar-refractivity contribution >= 4 is 120 Å². The number of carbonyl (C=O) groups excluding carboxylic acids is 8. The zero-order valence-electron chi connectivity index (χ0n) is 48.8. The summed E-state index contributed by atoms with van der Waals surface area (Å²) in [6.07, 6.45) is -10.9. The summed E-state index contributed by atoms with van der Waals surface area (Å²) in [4.78, 5) is 147. The molecule has 498 valence electrons. The highest BCUT2D eigenvalue weighted by Gasteiger charge is 2.55. The van der Waals surface area contributed by atoms with Gasteiger partial charge in [-0.2, -0.15) is 4.98 Å². The SMILES string of the molecule is CC(C)[C@H](NC(=O)CCN1C(=O)C=CC1=O)C(=O)N[C@@H](CCCNC(N)=O)C(=O)Nc1ccc(COC(=O)N(C)CCOC(=O)O[C@@H]2[C@@H]3OP(O)(=S)OC[C@H]4O[C@@H](n5cnc6c(=O)[nH]c(N)nc65)[C@H](F)[C@@H]4OP(=O)(S)OC[C@H]3O[C@H]2n2cnc3c2NC=NC3N)cc1. The lowest BCUT2D eigenvalue weighted by Crippen LogP contribution is -2.54. The van der Waals surface area contributed by atoms with E-state index >= 15 is 4.39 Å². The van der Waals surface area contributed by atoms with Crippen molar-refractivity contribution in [3.05, 3.63) is 70.7 Å². The molecule has 0 aliphatic carbocycles. The number of nitrogen functional groups attached to an aromatic ring is 1. The number of aliphatic imine (C=N–C) groups is 1. The number of amides is 8. The van der Waals surface area contributed by atoms with Crippen molar-refractivity contribution in [2.24, 2.45) is 22.4 Å². The summed E-state index contributed by atoms with van der Waals surface area (Å²) in [7, 11) is 1.35. The van der Waals surface area contributed by atoms with Gasteiger partial charge in [0, 0.05) is 44.4 Å². The molecule has 37 nitrogen and oxygen atoms in total. The minimum atomic E-state index is -4.64. The predicted octanol–water partition coefficient (Wildman–Crippen LogP) is 0.333. The van der Waals surface area contributed by atoms with Gasteiger partial charge in [0.2, 0.25) is 23.7 Å². The third kappa shape index (κ3) is 16.6. The lowest BCUT2D eigenvalue weighted by atomic mass is 10.0. The Balaban J connectivity index is 0.798. The summed E-state index contributed by atoms with van der Waals surface area (Å²) < 4.78 is 84.8. The van der Waals surface area contributed by atoms with E-state index in [2.05, 4.69) is 63.8 Å². The summed E-state index contributed by atoms with van der Waals surface area (Å²) in [5, 5.41) is 13.3. The van der Waals surface area contributed by atoms with E-state index in [0.717, 1.165) is 32.8 Å². The van der Waals surface area contributed by atoms with Crippen LogP contribution in [-0.2, 0) is 88.7 Å². The zero-order chi connectivity index (χ0) is 66.3. The number of anilines is 3. The Kier molecular flexibility index (Phi) is 21.8. The third-order valence-corrected chi connectivity index (χ3v) is 17.7. The van der Waals surface area contributed by atoms with E-state index in [9.17, 15) is 52.6 Å². The van der Waals surface area contributed by atoms with Crippen LogP contribution in [0.4, 0.5) is 36.2 Å². The van der Waals surface area contributed by atoms with Crippen LogP contribution in [0.2, 0.25) is 0 Å². The van der Waals surface area contributed by atoms with Gasteiger partial charge in [0.25, 0.3) is 17.4 Å². The van der Waals surface area contributed by atoms with Crippen molar-refractivity contribution in [2.75, 3.05) is 62.9 Å². The van der Waals surface area contributed by atoms with Gasteiger partial charge in [0.1, 0.15) is 67.4 Å². The molecule has 0 bridgehead atoms. The average molecular weight is 1370 g/mol. The molecular weight excluding hydrogens is 1300 g/mol. The van der Waals surface area contributed by atoms with Crippen molar-refractivity contribution in [1.29, 1.82) is 0 Å². The fourth-order valence-corrected chi connectivity index (χ4v) is 12.8. The molecule has 9 rings (SSSR count). The molecule has 0 spiro atoms. The molecule has 0 saturated carbocycles. The van der Waals surface area contributed by atoms with Gasteiger partial charge in [-0.1, -0.05) is 38.2 Å². The molecule has 5 aliphatic rings. The van der Waals surface area contributed by atoms with Crippen molar-refractivity contribution < 1.29 is 94.0 Å². The first-order chi connectivity index (χ1) is 43.6. The largest absolute Gasteiger partial charge is 0.508 e. The van der Waals surface area contributed by atoms with Gasteiger partial charge < -0.3 is 81.8 Å². The number of benzene rings is 1. The first kappa shape index (κ1) is 68.4. The van der Waals surface area contributed by atoms with Gasteiger partial charge in [-0.15, -0.1) is 0 Å². The van der Waals surface area contributed by atoms with Gasteiger partial charge >= 0.3 is 31.8 Å². The molecule has 42 heteroatoms. The maximum atomic E-state index is 16.5. The number of nitrogens with two attached hydrogens (primary N) is 3. The number of fused-ring (bicyclic) bond motifs is 4. The van der Waals surface area contributed by atoms with Gasteiger partial charge in [0.05, 0.1) is 38.8 Å². The Bertz CT molecular complexity index is 3680. The fraction of sp³-hybridized carbons (Fsp3) is 0.500. The smallest absolute Gasteiger partial charge is 0.445 e. The number of halogens is 1. The van der Waals surface area contributed by atoms with Gasteiger partial charge in [-0.05, 0) is 48.3 Å². The van der Waals surface area contributed by atoms with Crippen LogP contribution in [0, 0.1) is 5.92 Å². The Hall–Kier alpha value is -8.01. The molecule has 3 aromatic heterocycles. The van der Waals surface area contributed by atoms with E-state index in [1.165, 1.54) is 36.4 Å². The zero-order valence-corrected chi connectivity index (χ0v) is 52.3. The second-order valence-corrected chi connectivity index (χ2v) is 27.0. The van der Waals surface area contributed by atoms with Crippen LogP contribution in [0.25, 0.3) is 11.2 Å². The molecule has 8 heterocycles. The molecule has 92 heavy (non-hydrogen) atoms. The van der Waals surface area contributed by atoms with Crippen LogP contribution in [0.3, 0.4) is 0 Å². The summed E-state index contributed by atoms with van der Waals surface area (Å²) in [6.45, 7) is -8.58. The molecule has 5 aliphatic heterocycles. The molecule has 3 fully saturated rings. The number of thiol groups is 1. The van der Waals surface area contributed by atoms with Crippen molar-refractivity contribution in [1.82, 2.24) is 54.8 Å². The number of rotatable bonds is 21. The Morgan fingerprint density at radius 1 is 0.957 bits per heavy atom. The van der Waals surface area contributed by atoms with E-state index in [4.69, 9.17) is 70.8 Å². The number of hydrogen-bond acceptors (Lipinski definition) is 27. The molecule has 0 radical (unpaired) electrons. The number of nitrogens with zero attached hydrogens (tertiary/aromatic N) is 8. The molecule has 3 unspecified atom stereocenters. The lowest BCUT2D eigenvalue weighted by Gasteiger charge is -2.30. The molecule has 4 aromatic rings. The monoisotopic (exact) mass is 1370 g/mol. The number of likely N-dealkylation sites (N-methyl/N-ethyl adjacent to an activating group) is 1. The van der Waals surface area contributed by atoms with E-state index in [0.29, 0.717) is 5.56 Å². The number of hydrogen-bond donors (Lipinski definition) is 11. The fourth-order valence-electron chi connectivity index (χ4n) is 9.88. The maximum Gasteiger partial charge on any atom is 0.508 e. The summed E-state index contributed by atoms with van der Waals surface area (Å²) in [6, 6.07) is 2.99. The molecule has 13 atom stereocenters. The van der Waals surface area contributed by atoms with Gasteiger partial charge in [0.15, 0.2) is 35.9 Å². The van der Waals surface area contributed by atoms with Crippen LogP contribution in [-0.4, -0.2) is 193 Å². The standard InChI is InChI=1S/C50H64FN17O20P2S2/c1-23(2)33(62-29(69)12-14-66-30(70)10-11-31(66)71)43(73)61-26(5-4-13-55-48(54)75)42(72)60-25-8-6-24(7-9-25)17-81-49(76)65(3)15-16-80-50(77)86-38-37-28(85-46(38)67-21-58-34-39(52)56-20-57-40(34)67)19-83-89(78,91)87-36-27(18-82-90(79,92)88-37)84-45(32(36)51)68-22-59-35-41(68)63-47(53)64-44(35)74/h6-11,20-23,26-28,32-33,36-39,45-46H,4-5,12-19,52H2,1-3H3,(H,56,57)(H,60,72)(H,61,73)(H,62,69)(H,78,91)(H,79,92)(H3,54,55,75)(H3,53,63,64,74)/t26-,27+,28+,32+,33-,36+,37+,38+,39?,45+,46+,89?,90?/m0/s1. The summed E-state index contributed by atoms with van der Waals surface area (Å²) in [5.41, 5.74) is 16.9. The van der Waals surface area contributed by atoms with E-state index in [-0.39, 0.29) is 79.8 Å². The minimum Gasteiger partial charge on any atom is -0.445 e. The number of nitrogens with one attached hydrogen (secondary N) is 6. The maximum absolute atomic E-state index is 16.5. The number of imide groups is 1. The first-order valence-electron chi connectivity index (χ1n) is 28.0. The van der Waals surface area contributed by atoms with Crippen LogP contribution < -0.4 is 49.3 Å². The minimum absolute atomic E-state index is 0.0225. The first-order valence-corrected chi connectivity index (χ1v) is 33.3. The number of H-pyrrole nitrogens is 1. The Labute approximate surface area is 530 Å². The van der Waals surface area contributed by atoms with E-state index < -0.39 is 160 Å². The topological polar surface area (TPSA) is 495 Å². The lowest BCUT2D eigenvalue weighted by molar-refractivity contribution is -0.137. The highest BCUT2D eigenvalue weighted by Crippen LogP contribution is 2.59. The van der Waals surface area contributed by atoms with Gasteiger partial charge in [-0.3, -0.25) is 66.3 Å². The van der Waals surface area contributed by atoms with E-state index in [1.54, 1.807) is 26.0 Å². The normalized spacial score (nSPS) is 26.7. The quantitative estimate of drug-likeness (QED) is 0.0176. The number of ether oxygens (including phenoxy) is 5. The summed E-state index contributed by atoms with van der Waals surface area (Å²) >= 11 is 9.53. The van der Waals surface area contributed by atoms with Crippen LogP contribution in [0.5, 0.6) is 0 Å². The number of alkyl halides is 1. The molecule has 8 amide bonds. The highest BCUT2D eigenvalue weighted by molar-refractivity contribution is 8.44. The van der Waals surface area contributed by atoms with Crippen molar-refractivity contribution in [3.8, 4) is 0 Å². The highest BCUT2D eigenvalue weighted by atomic mass is 32.7. The Morgan fingerprint density at radius 2 is 1.65 bits per heavy atom. The number of primary amides is 1.